The summed E-state index contributed by atoms with van der Waals surface area (Å²) in [4.78, 5) is 6.42. The monoisotopic (exact) mass is 405 g/mol. The van der Waals surface area contributed by atoms with Gasteiger partial charge in [-0.15, -0.1) is 0 Å². The minimum absolute atomic E-state index is 0.135. The van der Waals surface area contributed by atoms with Crippen LogP contribution in [0.3, 0.4) is 0 Å². The average molecular weight is 406 g/mol. The molecule has 0 spiro atoms. The van der Waals surface area contributed by atoms with Gasteiger partial charge in [0.1, 0.15) is 5.60 Å². The lowest BCUT2D eigenvalue weighted by Gasteiger charge is -2.36. The highest BCUT2D eigenvalue weighted by Gasteiger charge is 2.29. The van der Waals surface area contributed by atoms with Crippen molar-refractivity contribution in [3.8, 4) is 5.75 Å². The molecular formula is C22H32FN3O3. The summed E-state index contributed by atoms with van der Waals surface area (Å²) in [6.07, 6.45) is 2.92. The van der Waals surface area contributed by atoms with E-state index < -0.39 is 17.5 Å². The van der Waals surface area contributed by atoms with Crippen molar-refractivity contribution in [2.75, 3.05) is 26.2 Å². The molecule has 1 aromatic carbocycles. The fourth-order valence-corrected chi connectivity index (χ4v) is 3.09. The van der Waals surface area contributed by atoms with E-state index in [1.54, 1.807) is 18.2 Å². The SMILES string of the molecule is C=C(CN1CC[C@@H](O)[C@@H](COc2ccccc2F)C1)C(=N/C=C\N)OC(C)(C)C. The van der Waals surface area contributed by atoms with Gasteiger partial charge >= 0.3 is 0 Å². The molecule has 1 heterocycles. The summed E-state index contributed by atoms with van der Waals surface area (Å²) >= 11 is 0. The van der Waals surface area contributed by atoms with Crippen LogP contribution in [0.2, 0.25) is 0 Å². The number of nitrogens with two attached hydrogens (primary N) is 1. The third kappa shape index (κ3) is 7.51. The van der Waals surface area contributed by atoms with Crippen molar-refractivity contribution in [3.05, 3.63) is 54.6 Å². The van der Waals surface area contributed by atoms with Gasteiger partial charge in [-0.05, 0) is 39.3 Å². The Bertz CT molecular complexity index is 743. The van der Waals surface area contributed by atoms with Crippen molar-refractivity contribution in [2.45, 2.75) is 38.9 Å². The van der Waals surface area contributed by atoms with Crippen molar-refractivity contribution in [3.63, 3.8) is 0 Å². The second-order valence-electron chi connectivity index (χ2n) is 8.19. The highest BCUT2D eigenvalue weighted by Crippen LogP contribution is 2.22. The molecule has 1 saturated heterocycles. The summed E-state index contributed by atoms with van der Waals surface area (Å²) in [7, 11) is 0. The lowest BCUT2D eigenvalue weighted by atomic mass is 9.95. The zero-order valence-electron chi connectivity index (χ0n) is 17.5. The summed E-state index contributed by atoms with van der Waals surface area (Å²) in [5.74, 6) is 0.0903. The van der Waals surface area contributed by atoms with Crippen LogP contribution < -0.4 is 10.5 Å². The molecule has 0 aromatic heterocycles. The van der Waals surface area contributed by atoms with Crippen molar-refractivity contribution in [1.29, 1.82) is 0 Å². The lowest BCUT2D eigenvalue weighted by molar-refractivity contribution is 0.00782. The fraction of sp³-hybridized carbons (Fsp3) is 0.500. The Labute approximate surface area is 172 Å². The quantitative estimate of drug-likeness (QED) is 0.538. The molecule has 2 rings (SSSR count). The van der Waals surface area contributed by atoms with E-state index in [9.17, 15) is 9.50 Å². The zero-order chi connectivity index (χ0) is 21.4. The van der Waals surface area contributed by atoms with Crippen LogP contribution in [0.5, 0.6) is 5.75 Å². The number of nitrogens with zero attached hydrogens (tertiary/aromatic N) is 2. The van der Waals surface area contributed by atoms with E-state index in [0.29, 0.717) is 32.0 Å². The number of benzene rings is 1. The predicted octanol–water partition coefficient (Wildman–Crippen LogP) is 3.09. The zero-order valence-corrected chi connectivity index (χ0v) is 17.5. The topological polar surface area (TPSA) is 80.3 Å². The number of aliphatic hydroxyl groups excluding tert-OH is 1. The molecule has 1 aromatic rings. The van der Waals surface area contributed by atoms with Gasteiger partial charge in [-0.1, -0.05) is 18.7 Å². The highest BCUT2D eigenvalue weighted by atomic mass is 19.1. The van der Waals surface area contributed by atoms with Crippen LogP contribution in [-0.2, 0) is 4.74 Å². The van der Waals surface area contributed by atoms with Gasteiger partial charge in [-0.2, -0.15) is 0 Å². The largest absolute Gasteiger partial charge is 0.490 e. The molecule has 3 N–H and O–H groups in total. The number of hydrogen-bond donors (Lipinski definition) is 2. The minimum atomic E-state index is -0.495. The smallest absolute Gasteiger partial charge is 0.217 e. The number of hydrogen-bond acceptors (Lipinski definition) is 6. The van der Waals surface area contributed by atoms with Gasteiger partial charge in [0.25, 0.3) is 0 Å². The normalized spacial score (nSPS) is 21.3. The molecule has 0 radical (unpaired) electrons. The summed E-state index contributed by atoms with van der Waals surface area (Å²) in [5.41, 5.74) is 5.71. The van der Waals surface area contributed by atoms with Crippen LogP contribution in [0, 0.1) is 11.7 Å². The molecular weight excluding hydrogens is 373 g/mol. The van der Waals surface area contributed by atoms with Gasteiger partial charge < -0.3 is 20.3 Å². The summed E-state index contributed by atoms with van der Waals surface area (Å²) < 4.78 is 25.3. The Balaban J connectivity index is 1.97. The predicted molar refractivity (Wildman–Crippen MR) is 113 cm³/mol. The molecule has 2 atom stereocenters. The Morgan fingerprint density at radius 2 is 2.14 bits per heavy atom. The van der Waals surface area contributed by atoms with E-state index in [1.165, 1.54) is 18.5 Å². The van der Waals surface area contributed by atoms with Crippen LogP contribution in [0.25, 0.3) is 0 Å². The number of halogens is 1. The second-order valence-corrected chi connectivity index (χ2v) is 8.19. The number of likely N-dealkylation sites (tertiary alicyclic amines) is 1. The van der Waals surface area contributed by atoms with Gasteiger partial charge in [0, 0.05) is 43.5 Å². The molecule has 0 saturated carbocycles. The number of aliphatic hydroxyl groups is 1. The maximum absolute atomic E-state index is 13.8. The first-order valence-electron chi connectivity index (χ1n) is 9.79. The Morgan fingerprint density at radius 3 is 2.79 bits per heavy atom. The number of piperidine rings is 1. The van der Waals surface area contributed by atoms with Crippen LogP contribution in [-0.4, -0.2) is 53.9 Å². The van der Waals surface area contributed by atoms with E-state index in [1.807, 2.05) is 20.8 Å². The number of aliphatic imine (C=N–C) groups is 1. The Morgan fingerprint density at radius 1 is 1.41 bits per heavy atom. The lowest BCUT2D eigenvalue weighted by Crippen LogP contribution is -2.46. The molecule has 1 fully saturated rings. The molecule has 1 aliphatic rings. The molecule has 1 aliphatic heterocycles. The molecule has 6 nitrogen and oxygen atoms in total. The van der Waals surface area contributed by atoms with Crippen molar-refractivity contribution in [1.82, 2.24) is 4.90 Å². The number of ether oxygens (including phenoxy) is 2. The highest BCUT2D eigenvalue weighted by molar-refractivity contribution is 5.94. The Hall–Kier alpha value is -2.38. The summed E-state index contributed by atoms with van der Waals surface area (Å²) in [6, 6.07) is 6.28. The van der Waals surface area contributed by atoms with Gasteiger partial charge in [0.2, 0.25) is 5.90 Å². The van der Waals surface area contributed by atoms with Crippen molar-refractivity contribution in [2.24, 2.45) is 16.6 Å². The van der Waals surface area contributed by atoms with E-state index >= 15 is 0 Å². The first kappa shape index (κ1) is 22.9. The molecule has 29 heavy (non-hydrogen) atoms. The molecule has 0 amide bonds. The van der Waals surface area contributed by atoms with Crippen LogP contribution in [0.15, 0.2) is 53.8 Å². The minimum Gasteiger partial charge on any atom is -0.490 e. The average Bonchev–Trinajstić information content (AvgIpc) is 2.65. The standard InChI is InChI=1S/C22H32FN3O3/c1-16(21(25-11-10-24)29-22(2,3)4)13-26-12-9-19(27)17(14-26)15-28-20-8-6-5-7-18(20)23/h5-8,10-11,17,19,27H,1,9,12-15,24H2,2-4H3/b11-10-,25-21?/t17-,19-/m1/s1. The molecule has 0 unspecified atom stereocenters. The second kappa shape index (κ2) is 10.4. The fourth-order valence-electron chi connectivity index (χ4n) is 3.09. The van der Waals surface area contributed by atoms with Crippen LogP contribution in [0.1, 0.15) is 27.2 Å². The third-order valence-electron chi connectivity index (χ3n) is 4.47. The van der Waals surface area contributed by atoms with Crippen molar-refractivity contribution >= 4 is 5.90 Å². The maximum atomic E-state index is 13.8. The van der Waals surface area contributed by atoms with Gasteiger partial charge in [-0.25, -0.2) is 9.38 Å². The van der Waals surface area contributed by atoms with Gasteiger partial charge in [-0.3, -0.25) is 4.90 Å². The maximum Gasteiger partial charge on any atom is 0.217 e. The Kier molecular flexibility index (Phi) is 8.22. The van der Waals surface area contributed by atoms with E-state index in [4.69, 9.17) is 15.2 Å². The molecule has 0 aliphatic carbocycles. The molecule has 160 valence electrons. The summed E-state index contributed by atoms with van der Waals surface area (Å²) in [6.45, 7) is 12.0. The van der Waals surface area contributed by atoms with Crippen molar-refractivity contribution < 1.29 is 19.0 Å². The van der Waals surface area contributed by atoms with E-state index in [2.05, 4.69) is 16.5 Å². The van der Waals surface area contributed by atoms with E-state index in [0.717, 1.165) is 5.57 Å². The van der Waals surface area contributed by atoms with E-state index in [-0.39, 0.29) is 18.3 Å². The number of rotatable bonds is 7. The van der Waals surface area contributed by atoms with Crippen LogP contribution >= 0.6 is 0 Å². The summed E-state index contributed by atoms with van der Waals surface area (Å²) in [5, 5.41) is 10.4. The first-order chi connectivity index (χ1) is 13.7. The van der Waals surface area contributed by atoms with Gasteiger partial charge in [0.05, 0.1) is 12.7 Å². The van der Waals surface area contributed by atoms with Gasteiger partial charge in [0.15, 0.2) is 11.6 Å². The third-order valence-corrected chi connectivity index (χ3v) is 4.47. The first-order valence-corrected chi connectivity index (χ1v) is 9.79. The molecule has 0 bridgehead atoms. The number of para-hydroxylation sites is 1. The molecule has 7 heteroatoms. The van der Waals surface area contributed by atoms with Crippen LogP contribution in [0.4, 0.5) is 4.39 Å².